The number of amides is 2. The summed E-state index contributed by atoms with van der Waals surface area (Å²) in [5.74, 6) is -0.379. The second-order valence-electron chi connectivity index (χ2n) is 4.36. The summed E-state index contributed by atoms with van der Waals surface area (Å²) in [6.07, 6.45) is 0.879. The molecule has 0 saturated heterocycles. The summed E-state index contributed by atoms with van der Waals surface area (Å²) < 4.78 is 0. The molecule has 4 heteroatoms. The Bertz CT molecular complexity index is 430. The maximum Gasteiger partial charge on any atom is 0.251 e. The summed E-state index contributed by atoms with van der Waals surface area (Å²) in [6, 6.07) is 6.76. The first-order valence-corrected chi connectivity index (χ1v) is 6.19. The Morgan fingerprint density at radius 3 is 2.67 bits per heavy atom. The Morgan fingerprint density at radius 2 is 2.06 bits per heavy atom. The number of rotatable bonds is 5. The van der Waals surface area contributed by atoms with E-state index in [9.17, 15) is 9.59 Å². The fourth-order valence-corrected chi connectivity index (χ4v) is 1.53. The standard InChI is InChI=1S/C14H20N2O2/c1-4-8-15-13(17)11(3)16-14(18)12-7-5-6-10(2)9-12/h5-7,9,11H,4,8H2,1-3H3,(H,15,17)(H,16,18)/t11-/m0/s1. The van der Waals surface area contributed by atoms with E-state index in [1.165, 1.54) is 0 Å². The Hall–Kier alpha value is -1.84. The van der Waals surface area contributed by atoms with E-state index in [4.69, 9.17) is 0 Å². The lowest BCUT2D eigenvalue weighted by molar-refractivity contribution is -0.122. The van der Waals surface area contributed by atoms with Crippen LogP contribution in [0.3, 0.4) is 0 Å². The van der Waals surface area contributed by atoms with E-state index in [0.29, 0.717) is 12.1 Å². The zero-order valence-corrected chi connectivity index (χ0v) is 11.1. The summed E-state index contributed by atoms with van der Waals surface area (Å²) in [5.41, 5.74) is 1.59. The van der Waals surface area contributed by atoms with E-state index in [0.717, 1.165) is 12.0 Å². The highest BCUT2D eigenvalue weighted by Gasteiger charge is 2.15. The molecule has 0 spiro atoms. The predicted octanol–water partition coefficient (Wildman–Crippen LogP) is 1.64. The molecule has 0 aromatic heterocycles. The zero-order chi connectivity index (χ0) is 13.5. The van der Waals surface area contributed by atoms with Gasteiger partial charge in [0.1, 0.15) is 6.04 Å². The number of carbonyl (C=O) groups is 2. The van der Waals surface area contributed by atoms with Gasteiger partial charge in [0.25, 0.3) is 5.91 Å². The molecule has 2 N–H and O–H groups in total. The van der Waals surface area contributed by atoms with Gasteiger partial charge in [0.15, 0.2) is 0 Å². The van der Waals surface area contributed by atoms with Gasteiger partial charge in [-0.15, -0.1) is 0 Å². The minimum absolute atomic E-state index is 0.155. The summed E-state index contributed by atoms with van der Waals surface area (Å²) in [4.78, 5) is 23.5. The third kappa shape index (κ3) is 4.20. The van der Waals surface area contributed by atoms with Crippen molar-refractivity contribution in [3.63, 3.8) is 0 Å². The van der Waals surface area contributed by atoms with E-state index in [1.54, 1.807) is 19.1 Å². The average molecular weight is 248 g/mol. The fourth-order valence-electron chi connectivity index (χ4n) is 1.53. The molecule has 0 radical (unpaired) electrons. The quantitative estimate of drug-likeness (QED) is 0.832. The van der Waals surface area contributed by atoms with Crippen molar-refractivity contribution in [3.05, 3.63) is 35.4 Å². The molecule has 1 aromatic carbocycles. The van der Waals surface area contributed by atoms with Gasteiger partial charge in [-0.3, -0.25) is 9.59 Å². The molecule has 2 amide bonds. The van der Waals surface area contributed by atoms with Crippen molar-refractivity contribution in [3.8, 4) is 0 Å². The van der Waals surface area contributed by atoms with Crippen molar-refractivity contribution in [2.75, 3.05) is 6.54 Å². The predicted molar refractivity (Wildman–Crippen MR) is 71.4 cm³/mol. The van der Waals surface area contributed by atoms with Gasteiger partial charge < -0.3 is 10.6 Å². The zero-order valence-electron chi connectivity index (χ0n) is 11.1. The smallest absolute Gasteiger partial charge is 0.251 e. The van der Waals surface area contributed by atoms with Crippen LogP contribution in [0.2, 0.25) is 0 Å². The molecule has 4 nitrogen and oxygen atoms in total. The first kappa shape index (κ1) is 14.2. The molecule has 0 bridgehead atoms. The molecule has 1 aromatic rings. The molecule has 0 heterocycles. The monoisotopic (exact) mass is 248 g/mol. The highest BCUT2D eigenvalue weighted by Crippen LogP contribution is 2.04. The van der Waals surface area contributed by atoms with Crippen LogP contribution in [-0.4, -0.2) is 24.4 Å². The number of hydrogen-bond acceptors (Lipinski definition) is 2. The summed E-state index contributed by atoms with van der Waals surface area (Å²) in [6.45, 7) is 6.21. The van der Waals surface area contributed by atoms with E-state index in [1.807, 2.05) is 26.0 Å². The van der Waals surface area contributed by atoms with Crippen molar-refractivity contribution in [2.45, 2.75) is 33.2 Å². The summed E-state index contributed by atoms with van der Waals surface area (Å²) >= 11 is 0. The number of carbonyl (C=O) groups excluding carboxylic acids is 2. The van der Waals surface area contributed by atoms with E-state index in [2.05, 4.69) is 10.6 Å². The molecule has 0 aliphatic heterocycles. The molecule has 98 valence electrons. The molecule has 0 saturated carbocycles. The Balaban J connectivity index is 2.56. The lowest BCUT2D eigenvalue weighted by atomic mass is 10.1. The molecule has 0 aliphatic rings. The van der Waals surface area contributed by atoms with Crippen LogP contribution in [0.5, 0.6) is 0 Å². The van der Waals surface area contributed by atoms with Gasteiger partial charge in [0, 0.05) is 12.1 Å². The molecule has 1 rings (SSSR count). The van der Waals surface area contributed by atoms with Crippen LogP contribution in [0, 0.1) is 6.92 Å². The first-order valence-electron chi connectivity index (χ1n) is 6.19. The number of hydrogen-bond donors (Lipinski definition) is 2. The summed E-state index contributed by atoms with van der Waals surface area (Å²) in [7, 11) is 0. The Morgan fingerprint density at radius 1 is 1.33 bits per heavy atom. The van der Waals surface area contributed by atoms with Crippen LogP contribution in [0.4, 0.5) is 0 Å². The number of nitrogens with one attached hydrogen (secondary N) is 2. The highest BCUT2D eigenvalue weighted by atomic mass is 16.2. The van der Waals surface area contributed by atoms with Crippen molar-refractivity contribution in [1.82, 2.24) is 10.6 Å². The topological polar surface area (TPSA) is 58.2 Å². The van der Waals surface area contributed by atoms with E-state index < -0.39 is 6.04 Å². The molecule has 18 heavy (non-hydrogen) atoms. The van der Waals surface area contributed by atoms with Crippen molar-refractivity contribution in [2.24, 2.45) is 0 Å². The molecule has 0 aliphatic carbocycles. The number of aryl methyl sites for hydroxylation is 1. The Labute approximate surface area is 108 Å². The van der Waals surface area contributed by atoms with Gasteiger partial charge in [-0.1, -0.05) is 24.6 Å². The highest BCUT2D eigenvalue weighted by molar-refractivity contribution is 5.97. The maximum atomic E-state index is 11.9. The second-order valence-corrected chi connectivity index (χ2v) is 4.36. The van der Waals surface area contributed by atoms with Gasteiger partial charge >= 0.3 is 0 Å². The molecule has 1 atom stereocenters. The molecular formula is C14H20N2O2. The molecule has 0 unspecified atom stereocenters. The van der Waals surface area contributed by atoms with Crippen molar-refractivity contribution < 1.29 is 9.59 Å². The van der Waals surface area contributed by atoms with Gasteiger partial charge in [0.05, 0.1) is 0 Å². The normalized spacial score (nSPS) is 11.7. The van der Waals surface area contributed by atoms with Gasteiger partial charge in [-0.2, -0.15) is 0 Å². The number of benzene rings is 1. The Kier molecular flexibility index (Phi) is 5.36. The van der Waals surface area contributed by atoms with Crippen LogP contribution >= 0.6 is 0 Å². The van der Waals surface area contributed by atoms with E-state index in [-0.39, 0.29) is 11.8 Å². The minimum Gasteiger partial charge on any atom is -0.354 e. The maximum absolute atomic E-state index is 11.9. The van der Waals surface area contributed by atoms with Crippen molar-refractivity contribution >= 4 is 11.8 Å². The van der Waals surface area contributed by atoms with Gasteiger partial charge in [-0.25, -0.2) is 0 Å². The van der Waals surface area contributed by atoms with Gasteiger partial charge in [0.2, 0.25) is 5.91 Å². The second kappa shape index (κ2) is 6.79. The third-order valence-corrected chi connectivity index (χ3v) is 2.57. The van der Waals surface area contributed by atoms with Gasteiger partial charge in [-0.05, 0) is 32.4 Å². The van der Waals surface area contributed by atoms with Crippen molar-refractivity contribution in [1.29, 1.82) is 0 Å². The molecule has 0 fully saturated rings. The van der Waals surface area contributed by atoms with Crippen LogP contribution in [0.15, 0.2) is 24.3 Å². The lowest BCUT2D eigenvalue weighted by Gasteiger charge is -2.13. The lowest BCUT2D eigenvalue weighted by Crippen LogP contribution is -2.45. The van der Waals surface area contributed by atoms with Crippen LogP contribution in [-0.2, 0) is 4.79 Å². The first-order chi connectivity index (χ1) is 8.54. The van der Waals surface area contributed by atoms with Crippen LogP contribution < -0.4 is 10.6 Å². The SMILES string of the molecule is CCCNC(=O)[C@H](C)NC(=O)c1cccc(C)c1. The molecular weight excluding hydrogens is 228 g/mol. The minimum atomic E-state index is -0.524. The largest absolute Gasteiger partial charge is 0.354 e. The van der Waals surface area contributed by atoms with E-state index >= 15 is 0 Å². The third-order valence-electron chi connectivity index (χ3n) is 2.57. The average Bonchev–Trinajstić information content (AvgIpc) is 2.35. The summed E-state index contributed by atoms with van der Waals surface area (Å²) in [5, 5.41) is 5.43. The fraction of sp³-hybridized carbons (Fsp3) is 0.429. The van der Waals surface area contributed by atoms with Crippen LogP contribution in [0.1, 0.15) is 36.2 Å². The van der Waals surface area contributed by atoms with Crippen LogP contribution in [0.25, 0.3) is 0 Å².